The van der Waals surface area contributed by atoms with Crippen LogP contribution in [-0.2, 0) is 33.3 Å². The fourth-order valence-electron chi connectivity index (χ4n) is 12.7. The van der Waals surface area contributed by atoms with Gasteiger partial charge in [-0.05, 0) is 43.9 Å². The minimum atomic E-state index is -1.70. The molecule has 14 atom stereocenters. The molecule has 13 heteroatoms. The second-order valence-corrected chi connectivity index (χ2v) is 15.9. The van der Waals surface area contributed by atoms with E-state index in [0.717, 1.165) is 6.42 Å². The van der Waals surface area contributed by atoms with Gasteiger partial charge in [-0.15, -0.1) is 0 Å². The van der Waals surface area contributed by atoms with E-state index in [1.807, 2.05) is 0 Å². The number of hydrogen-bond donors (Lipinski definition) is 4. The van der Waals surface area contributed by atoms with Crippen LogP contribution in [0, 0.1) is 40.4 Å². The van der Waals surface area contributed by atoms with Crippen LogP contribution in [0.2, 0.25) is 0 Å². The molecule has 7 rings (SSSR count). The summed E-state index contributed by atoms with van der Waals surface area (Å²) in [6.45, 7) is 4.84. The van der Waals surface area contributed by atoms with Crippen LogP contribution in [0.3, 0.4) is 0 Å². The summed E-state index contributed by atoms with van der Waals surface area (Å²) in [7, 11) is 6.69. The number of benzene rings is 1. The molecule has 50 heavy (non-hydrogen) atoms. The highest BCUT2D eigenvalue weighted by molar-refractivity contribution is 6.02. The maximum Gasteiger partial charge on any atom is 0.340 e. The first-order valence-electron chi connectivity index (χ1n) is 18.0. The van der Waals surface area contributed by atoms with Gasteiger partial charge in [-0.2, -0.15) is 0 Å². The molecule has 7 bridgehead atoms. The highest BCUT2D eigenvalue weighted by Crippen LogP contribution is 2.80. The van der Waals surface area contributed by atoms with Crippen LogP contribution in [0.15, 0.2) is 24.3 Å². The van der Waals surface area contributed by atoms with Crippen LogP contribution < -0.4 is 11.1 Å². The van der Waals surface area contributed by atoms with E-state index in [-0.39, 0.29) is 72.7 Å². The van der Waals surface area contributed by atoms with Gasteiger partial charge in [0.2, 0.25) is 11.8 Å². The van der Waals surface area contributed by atoms with Crippen LogP contribution in [-0.4, -0.2) is 123 Å². The van der Waals surface area contributed by atoms with E-state index in [1.54, 1.807) is 59.6 Å². The number of aliphatic hydroxyl groups is 2. The van der Waals surface area contributed by atoms with E-state index in [4.69, 9.17) is 29.4 Å². The fraction of sp³-hybridized carbons (Fsp3) is 0.757. The number of nitrogens with two attached hydrogens (primary N) is 1. The molecular formula is C37H53N3O10. The van der Waals surface area contributed by atoms with E-state index >= 15 is 0 Å². The summed E-state index contributed by atoms with van der Waals surface area (Å²) in [5, 5.41) is 29.3. The van der Waals surface area contributed by atoms with Gasteiger partial charge in [-0.3, -0.25) is 14.5 Å². The Morgan fingerprint density at radius 3 is 2.46 bits per heavy atom. The molecule has 6 fully saturated rings. The van der Waals surface area contributed by atoms with E-state index in [2.05, 4.69) is 17.1 Å². The van der Waals surface area contributed by atoms with E-state index in [0.29, 0.717) is 25.9 Å². The topological polar surface area (TPSA) is 179 Å². The van der Waals surface area contributed by atoms with Crippen molar-refractivity contribution in [1.82, 2.24) is 4.90 Å². The van der Waals surface area contributed by atoms with Crippen molar-refractivity contribution in [3.05, 3.63) is 29.8 Å². The first kappa shape index (κ1) is 35.7. The Morgan fingerprint density at radius 2 is 1.82 bits per heavy atom. The first-order valence-corrected chi connectivity index (χ1v) is 18.0. The molecule has 1 spiro atoms. The van der Waals surface area contributed by atoms with Gasteiger partial charge in [-0.1, -0.05) is 26.0 Å². The number of ether oxygens (including phenoxy) is 5. The number of piperidine rings is 1. The number of fused-ring (bicyclic) bond motifs is 2. The fourth-order valence-corrected chi connectivity index (χ4v) is 12.7. The molecule has 1 heterocycles. The lowest BCUT2D eigenvalue weighted by molar-refractivity contribution is -0.320. The van der Waals surface area contributed by atoms with Crippen molar-refractivity contribution in [2.24, 2.45) is 46.2 Å². The van der Waals surface area contributed by atoms with Gasteiger partial charge >= 0.3 is 5.97 Å². The normalized spacial score (nSPS) is 44.4. The van der Waals surface area contributed by atoms with E-state index < -0.39 is 57.9 Å². The quantitative estimate of drug-likeness (QED) is 0.233. The summed E-state index contributed by atoms with van der Waals surface area (Å²) in [5.41, 5.74) is 1.21. The largest absolute Gasteiger partial charge is 0.461 e. The number of nitrogens with zero attached hydrogens (tertiary/aromatic N) is 1. The van der Waals surface area contributed by atoms with Crippen molar-refractivity contribution in [3.63, 3.8) is 0 Å². The van der Waals surface area contributed by atoms with Crippen molar-refractivity contribution in [1.29, 1.82) is 0 Å². The van der Waals surface area contributed by atoms with Crippen molar-refractivity contribution in [2.75, 3.05) is 53.5 Å². The number of carbonyl (C=O) groups is 3. The smallest absolute Gasteiger partial charge is 0.340 e. The third kappa shape index (κ3) is 4.46. The number of primary amides is 1. The lowest BCUT2D eigenvalue weighted by atomic mass is 9.42. The highest BCUT2D eigenvalue weighted by atomic mass is 16.5. The van der Waals surface area contributed by atoms with Gasteiger partial charge < -0.3 is 44.9 Å². The molecule has 1 aromatic carbocycles. The molecule has 0 aromatic heterocycles. The lowest BCUT2D eigenvalue weighted by Crippen LogP contribution is -2.82. The molecule has 6 aliphatic rings. The van der Waals surface area contributed by atoms with Crippen LogP contribution in [0.25, 0.3) is 0 Å². The average molecular weight is 700 g/mol. The molecule has 0 radical (unpaired) electrons. The zero-order valence-electron chi connectivity index (χ0n) is 29.9. The third-order valence-electron chi connectivity index (χ3n) is 14.2. The molecule has 2 amide bonds. The molecule has 0 unspecified atom stereocenters. The van der Waals surface area contributed by atoms with Gasteiger partial charge in [0, 0.05) is 82.3 Å². The van der Waals surface area contributed by atoms with Crippen LogP contribution in [0.1, 0.15) is 56.3 Å². The highest BCUT2D eigenvalue weighted by Gasteiger charge is 2.91. The molecule has 13 nitrogen and oxygen atoms in total. The average Bonchev–Trinajstić information content (AvgIpc) is 3.52. The van der Waals surface area contributed by atoms with Crippen LogP contribution in [0.4, 0.5) is 5.69 Å². The number of likely N-dealkylation sites (N-methyl/N-ethyl adjacent to an activating group) is 1. The summed E-state index contributed by atoms with van der Waals surface area (Å²) in [6.07, 6.45) is 0.586. The molecule has 276 valence electrons. The molecule has 1 saturated heterocycles. The first-order chi connectivity index (χ1) is 23.8. The number of likely N-dealkylation sites (tertiary alicyclic amines) is 1. The zero-order chi connectivity index (χ0) is 36.0. The predicted octanol–water partition coefficient (Wildman–Crippen LogP) is 1.59. The van der Waals surface area contributed by atoms with Gasteiger partial charge in [0.15, 0.2) is 0 Å². The number of para-hydroxylation sites is 1. The maximum absolute atomic E-state index is 14.0. The number of hydrogen-bond acceptors (Lipinski definition) is 11. The Kier molecular flexibility index (Phi) is 8.93. The van der Waals surface area contributed by atoms with Gasteiger partial charge in [-0.25, -0.2) is 4.79 Å². The summed E-state index contributed by atoms with van der Waals surface area (Å²) < 4.78 is 31.3. The number of amides is 2. The summed E-state index contributed by atoms with van der Waals surface area (Å²) >= 11 is 0. The van der Waals surface area contributed by atoms with Gasteiger partial charge in [0.25, 0.3) is 0 Å². The number of nitrogens with one attached hydrogen (secondary N) is 1. The van der Waals surface area contributed by atoms with E-state index in [9.17, 15) is 24.6 Å². The van der Waals surface area contributed by atoms with Crippen molar-refractivity contribution < 1.29 is 48.3 Å². The molecule has 5 saturated carbocycles. The van der Waals surface area contributed by atoms with Crippen molar-refractivity contribution in [2.45, 2.75) is 87.6 Å². The monoisotopic (exact) mass is 699 g/mol. The molecule has 5 aliphatic carbocycles. The minimum Gasteiger partial charge on any atom is -0.461 e. The van der Waals surface area contributed by atoms with Crippen molar-refractivity contribution in [3.8, 4) is 0 Å². The lowest BCUT2D eigenvalue weighted by Gasteiger charge is -2.70. The molecule has 5 N–H and O–H groups in total. The maximum atomic E-state index is 14.0. The number of rotatable bonds is 12. The minimum absolute atomic E-state index is 0.0402. The van der Waals surface area contributed by atoms with Crippen LogP contribution >= 0.6 is 0 Å². The summed E-state index contributed by atoms with van der Waals surface area (Å²) in [5.74, 6) is -3.02. The SMILES string of the molecule is CCN1C[C@]2(COC(=O)c3ccccc3NC(=O)[C@H](C)CC(N)=O)CC[C@H](OC)[C@]34[C@@H]5C[C@H]6[C@H](OC)[C@@H]5[C@](O)(C[C@H]6OC)[C@](O)([C@H]13)[C@@H](OC)[C@H]24. The number of anilines is 1. The zero-order valence-corrected chi connectivity index (χ0v) is 29.9. The number of esters is 1. The Labute approximate surface area is 293 Å². The Balaban J connectivity index is 1.29. The number of methoxy groups -OCH3 is 4. The molecular weight excluding hydrogens is 646 g/mol. The molecule has 1 aliphatic heterocycles. The standard InChI is InChI=1S/C37H53N3O10/c1-7-40-17-34(18-50-32(43)20-10-8-9-11-23(20)39-31(42)19(2)14-26(38)41)13-12-25(47-4)36-22-15-21-24(46-3)16-35(44,27(22)28(21)48-5)37(45,33(36)40)30(49-6)29(34)36/h8-11,19,21-22,24-25,27-30,33,44-45H,7,12-18H2,1-6H3,(H2,38,41)(H,39,42)/t19-,21-,22-,24-,25+,27-,28+,29-,30+,33-,34+,35-,36+,37-/m1/s1. The van der Waals surface area contributed by atoms with Gasteiger partial charge in [0.05, 0.1) is 48.3 Å². The molecule has 1 aromatic rings. The second-order valence-electron chi connectivity index (χ2n) is 15.9. The van der Waals surface area contributed by atoms with Crippen molar-refractivity contribution >= 4 is 23.5 Å². The summed E-state index contributed by atoms with van der Waals surface area (Å²) in [6, 6.07) is 6.16. The Hall–Kier alpha value is -2.65. The van der Waals surface area contributed by atoms with Crippen LogP contribution in [0.5, 0.6) is 0 Å². The Bertz CT molecular complexity index is 1530. The second kappa shape index (κ2) is 12.5. The summed E-state index contributed by atoms with van der Waals surface area (Å²) in [4.78, 5) is 40.5. The Morgan fingerprint density at radius 1 is 1.08 bits per heavy atom. The number of carbonyl (C=O) groups excluding carboxylic acids is 3. The van der Waals surface area contributed by atoms with Gasteiger partial charge in [0.1, 0.15) is 11.2 Å². The third-order valence-corrected chi connectivity index (χ3v) is 14.2. The van der Waals surface area contributed by atoms with E-state index in [1.165, 1.54) is 0 Å². The predicted molar refractivity (Wildman–Crippen MR) is 180 cm³/mol.